The number of ketones is 1. The van der Waals surface area contributed by atoms with Gasteiger partial charge in [0.2, 0.25) is 17.6 Å². The van der Waals surface area contributed by atoms with E-state index in [1.807, 2.05) is 20.8 Å². The number of Topliss-reactive ketones (excluding diaryl/α,β-unsaturated/α-hetero) is 1. The Morgan fingerprint density at radius 2 is 1.60 bits per heavy atom. The van der Waals surface area contributed by atoms with Crippen molar-refractivity contribution in [1.29, 1.82) is 0 Å². The lowest BCUT2D eigenvalue weighted by Crippen LogP contribution is -2.61. The van der Waals surface area contributed by atoms with Gasteiger partial charge in [0, 0.05) is 19.0 Å². The fourth-order valence-corrected chi connectivity index (χ4v) is 6.03. The van der Waals surface area contributed by atoms with Gasteiger partial charge in [0.1, 0.15) is 12.1 Å². The molecule has 2 aliphatic carbocycles. The van der Waals surface area contributed by atoms with E-state index < -0.39 is 47.2 Å². The zero-order chi connectivity index (χ0) is 31.0. The molecule has 3 aliphatic rings. The number of rotatable bonds is 14. The minimum absolute atomic E-state index is 0.125. The zero-order valence-electron chi connectivity index (χ0n) is 25.5. The van der Waals surface area contributed by atoms with Crippen LogP contribution in [0.15, 0.2) is 0 Å². The van der Waals surface area contributed by atoms with E-state index in [-0.39, 0.29) is 30.3 Å². The Morgan fingerprint density at radius 1 is 0.929 bits per heavy atom. The lowest BCUT2D eigenvalue weighted by atomic mass is 9.78. The second-order valence-electron chi connectivity index (χ2n) is 13.2. The molecule has 0 aromatic carbocycles. The van der Waals surface area contributed by atoms with Crippen molar-refractivity contribution in [2.75, 3.05) is 13.7 Å². The van der Waals surface area contributed by atoms with E-state index in [0.29, 0.717) is 44.6 Å². The number of urea groups is 1. The Kier molecular flexibility index (Phi) is 11.8. The third kappa shape index (κ3) is 8.91. The quantitative estimate of drug-likeness (QED) is 0.176. The largest absolute Gasteiger partial charge is 0.469 e. The molecule has 3 fully saturated rings. The van der Waals surface area contributed by atoms with Gasteiger partial charge in [0.05, 0.1) is 13.2 Å². The predicted molar refractivity (Wildman–Crippen MR) is 155 cm³/mol. The number of nitrogens with one attached hydrogen (secondary N) is 3. The fraction of sp³-hybridized carbons (Fsp3) is 0.800. The van der Waals surface area contributed by atoms with E-state index in [4.69, 9.17) is 10.5 Å². The summed E-state index contributed by atoms with van der Waals surface area (Å²) in [6.45, 7) is 5.88. The van der Waals surface area contributed by atoms with Crippen molar-refractivity contribution in [2.45, 2.75) is 122 Å². The number of carbonyl (C=O) groups is 6. The first kappa shape index (κ1) is 33.3. The zero-order valence-corrected chi connectivity index (χ0v) is 25.5. The molecule has 1 heterocycles. The number of nitrogens with two attached hydrogens (primary N) is 1. The molecule has 0 radical (unpaired) electrons. The minimum Gasteiger partial charge on any atom is -0.469 e. The SMILES string of the molecule is COC(=O)CCC[C@@H](NC(=O)N[C@H](C(=O)N1CCC[C@H]1C(=O)NC(CC1CCC1)C(=O)C(N)=O)C(C)(C)C)C1CCC1. The Bertz CT molecular complexity index is 1020. The summed E-state index contributed by atoms with van der Waals surface area (Å²) >= 11 is 0. The molecule has 5 amide bonds. The van der Waals surface area contributed by atoms with Gasteiger partial charge in [0.25, 0.3) is 5.91 Å². The molecule has 3 rings (SSSR count). The molecule has 42 heavy (non-hydrogen) atoms. The molecule has 1 aliphatic heterocycles. The Balaban J connectivity index is 1.66. The predicted octanol–water partition coefficient (Wildman–Crippen LogP) is 1.93. The molecule has 5 N–H and O–H groups in total. The van der Waals surface area contributed by atoms with Crippen LogP contribution in [-0.2, 0) is 28.7 Å². The third-order valence-corrected chi connectivity index (χ3v) is 9.06. The molecule has 0 bridgehead atoms. The number of esters is 1. The molecule has 0 aromatic rings. The van der Waals surface area contributed by atoms with Crippen LogP contribution in [0.4, 0.5) is 4.79 Å². The maximum atomic E-state index is 13.9. The Morgan fingerprint density at radius 3 is 2.12 bits per heavy atom. The molecule has 12 heteroatoms. The molecular formula is C30H49N5O7. The second-order valence-corrected chi connectivity index (χ2v) is 13.2. The van der Waals surface area contributed by atoms with Crippen LogP contribution < -0.4 is 21.7 Å². The Hall–Kier alpha value is -3.18. The third-order valence-electron chi connectivity index (χ3n) is 9.06. The van der Waals surface area contributed by atoms with Crippen molar-refractivity contribution in [1.82, 2.24) is 20.9 Å². The summed E-state index contributed by atoms with van der Waals surface area (Å²) < 4.78 is 4.73. The summed E-state index contributed by atoms with van der Waals surface area (Å²) in [6, 6.07) is -3.34. The highest BCUT2D eigenvalue weighted by atomic mass is 16.5. The normalized spacial score (nSPS) is 21.2. The van der Waals surface area contributed by atoms with Crippen molar-refractivity contribution in [2.24, 2.45) is 23.0 Å². The first-order valence-corrected chi connectivity index (χ1v) is 15.4. The Labute approximate surface area is 248 Å². The number of likely N-dealkylation sites (tertiary alicyclic amines) is 1. The van der Waals surface area contributed by atoms with Crippen LogP contribution >= 0.6 is 0 Å². The van der Waals surface area contributed by atoms with Crippen molar-refractivity contribution in [3.63, 3.8) is 0 Å². The van der Waals surface area contributed by atoms with Crippen LogP contribution in [0.25, 0.3) is 0 Å². The number of methoxy groups -OCH3 is 1. The van der Waals surface area contributed by atoms with Crippen molar-refractivity contribution in [3.05, 3.63) is 0 Å². The monoisotopic (exact) mass is 591 g/mol. The standard InChI is InChI=1S/C30H49N5O7/c1-30(2,3)25(34-29(41)33-20(19-11-6-12-19)13-7-15-23(36)42-4)28(40)35-16-8-14-22(35)27(39)32-21(24(37)26(31)38)17-18-9-5-10-18/h18-22,25H,5-17H2,1-4H3,(H2,31,38)(H,32,39)(H2,33,34,41)/t20-,21?,22+,25-/m1/s1. The number of ether oxygens (including phenoxy) is 1. The fourth-order valence-electron chi connectivity index (χ4n) is 6.03. The van der Waals surface area contributed by atoms with Crippen LogP contribution in [0.2, 0.25) is 0 Å². The van der Waals surface area contributed by atoms with Crippen LogP contribution in [0, 0.1) is 17.3 Å². The van der Waals surface area contributed by atoms with Crippen molar-refractivity contribution >= 4 is 35.5 Å². The van der Waals surface area contributed by atoms with Crippen molar-refractivity contribution < 1.29 is 33.5 Å². The average Bonchev–Trinajstić information content (AvgIpc) is 3.36. The molecular weight excluding hydrogens is 542 g/mol. The first-order valence-electron chi connectivity index (χ1n) is 15.4. The molecule has 0 aromatic heterocycles. The van der Waals surface area contributed by atoms with Gasteiger partial charge >= 0.3 is 12.0 Å². The van der Waals surface area contributed by atoms with E-state index >= 15 is 0 Å². The van der Waals surface area contributed by atoms with Crippen LogP contribution in [0.5, 0.6) is 0 Å². The number of hydrogen-bond acceptors (Lipinski definition) is 7. The highest BCUT2D eigenvalue weighted by molar-refractivity contribution is 6.37. The molecule has 236 valence electrons. The second kappa shape index (κ2) is 14.8. The number of carbonyl (C=O) groups excluding carboxylic acids is 6. The summed E-state index contributed by atoms with van der Waals surface area (Å²) in [5.41, 5.74) is 4.59. The topological polar surface area (TPSA) is 177 Å². The molecule has 0 spiro atoms. The number of nitrogens with zero attached hydrogens (tertiary/aromatic N) is 1. The van der Waals surface area contributed by atoms with E-state index in [2.05, 4.69) is 16.0 Å². The van der Waals surface area contributed by atoms with E-state index in [9.17, 15) is 28.8 Å². The summed E-state index contributed by atoms with van der Waals surface area (Å²) in [6.07, 6.45) is 8.83. The number of hydrogen-bond donors (Lipinski definition) is 4. The number of amides is 5. The average molecular weight is 592 g/mol. The van der Waals surface area contributed by atoms with Crippen molar-refractivity contribution in [3.8, 4) is 0 Å². The summed E-state index contributed by atoms with van der Waals surface area (Å²) in [4.78, 5) is 77.6. The molecule has 12 nitrogen and oxygen atoms in total. The van der Waals surface area contributed by atoms with Gasteiger partial charge < -0.3 is 31.3 Å². The number of primary amides is 1. The highest BCUT2D eigenvalue weighted by Gasteiger charge is 2.43. The lowest BCUT2D eigenvalue weighted by molar-refractivity contribution is -0.143. The summed E-state index contributed by atoms with van der Waals surface area (Å²) in [5, 5.41) is 8.62. The first-order chi connectivity index (χ1) is 19.8. The van der Waals surface area contributed by atoms with Gasteiger partial charge in [-0.1, -0.05) is 46.5 Å². The van der Waals surface area contributed by atoms with E-state index in [0.717, 1.165) is 38.5 Å². The van der Waals surface area contributed by atoms with Gasteiger partial charge in [-0.25, -0.2) is 4.79 Å². The van der Waals surface area contributed by atoms with E-state index in [1.165, 1.54) is 12.0 Å². The molecule has 4 atom stereocenters. The van der Waals surface area contributed by atoms with Crippen LogP contribution in [-0.4, -0.2) is 78.2 Å². The highest BCUT2D eigenvalue weighted by Crippen LogP contribution is 2.33. The molecule has 1 unspecified atom stereocenters. The van der Waals surface area contributed by atoms with Gasteiger partial charge in [-0.2, -0.15) is 0 Å². The minimum atomic E-state index is -1.09. The maximum absolute atomic E-state index is 13.9. The van der Waals surface area contributed by atoms with Gasteiger partial charge in [0.15, 0.2) is 0 Å². The summed E-state index contributed by atoms with van der Waals surface area (Å²) in [5.74, 6) is -2.51. The molecule has 1 saturated heterocycles. The molecule has 2 saturated carbocycles. The summed E-state index contributed by atoms with van der Waals surface area (Å²) in [7, 11) is 1.35. The van der Waals surface area contributed by atoms with Gasteiger partial charge in [-0.05, 0) is 62.2 Å². The smallest absolute Gasteiger partial charge is 0.315 e. The van der Waals surface area contributed by atoms with Gasteiger partial charge in [-0.15, -0.1) is 0 Å². The van der Waals surface area contributed by atoms with Crippen LogP contribution in [0.3, 0.4) is 0 Å². The van der Waals surface area contributed by atoms with Crippen LogP contribution in [0.1, 0.15) is 97.8 Å². The van der Waals surface area contributed by atoms with E-state index in [1.54, 1.807) is 0 Å². The van der Waals surface area contributed by atoms with Gasteiger partial charge in [-0.3, -0.25) is 24.0 Å². The maximum Gasteiger partial charge on any atom is 0.315 e. The lowest BCUT2D eigenvalue weighted by Gasteiger charge is -2.38.